The standard InChI is InChI=1S/C14H21N3O3/c15-7-2-10-20-14-5-8-16(9-6-14)12-3-1-4-13(11-12)17(18)19/h1,3-4,11,14H,2,5-10,15H2. The van der Waals surface area contributed by atoms with Crippen LogP contribution in [0.5, 0.6) is 0 Å². The van der Waals surface area contributed by atoms with Gasteiger partial charge in [-0.1, -0.05) is 6.07 Å². The summed E-state index contributed by atoms with van der Waals surface area (Å²) in [6.07, 6.45) is 3.09. The first kappa shape index (κ1) is 14.7. The lowest BCUT2D eigenvalue weighted by Crippen LogP contribution is -2.37. The Kier molecular flexibility index (Phi) is 5.31. The maximum atomic E-state index is 10.8. The molecule has 6 heteroatoms. The van der Waals surface area contributed by atoms with Gasteiger partial charge in [0.15, 0.2) is 0 Å². The monoisotopic (exact) mass is 279 g/mol. The predicted molar refractivity (Wildman–Crippen MR) is 78.0 cm³/mol. The molecule has 1 aromatic rings. The molecule has 0 aliphatic carbocycles. The number of rotatable bonds is 6. The summed E-state index contributed by atoms with van der Waals surface area (Å²) in [5, 5.41) is 10.8. The Bertz CT molecular complexity index is 445. The van der Waals surface area contributed by atoms with E-state index < -0.39 is 0 Å². The fourth-order valence-corrected chi connectivity index (χ4v) is 2.42. The third-order valence-electron chi connectivity index (χ3n) is 3.55. The Morgan fingerprint density at radius 1 is 1.40 bits per heavy atom. The number of nitro groups is 1. The molecule has 0 unspecified atom stereocenters. The fraction of sp³-hybridized carbons (Fsp3) is 0.571. The summed E-state index contributed by atoms with van der Waals surface area (Å²) in [5.74, 6) is 0. The van der Waals surface area contributed by atoms with Gasteiger partial charge in [-0.2, -0.15) is 0 Å². The van der Waals surface area contributed by atoms with Crippen molar-refractivity contribution in [3.8, 4) is 0 Å². The first-order valence-electron chi connectivity index (χ1n) is 7.02. The van der Waals surface area contributed by atoms with Crippen LogP contribution < -0.4 is 10.6 Å². The van der Waals surface area contributed by atoms with Crippen molar-refractivity contribution < 1.29 is 9.66 Å². The molecule has 2 N–H and O–H groups in total. The van der Waals surface area contributed by atoms with E-state index >= 15 is 0 Å². The zero-order valence-electron chi connectivity index (χ0n) is 11.5. The first-order valence-corrected chi connectivity index (χ1v) is 7.02. The largest absolute Gasteiger partial charge is 0.378 e. The lowest BCUT2D eigenvalue weighted by molar-refractivity contribution is -0.384. The van der Waals surface area contributed by atoms with Gasteiger partial charge in [0.25, 0.3) is 5.69 Å². The minimum atomic E-state index is -0.355. The number of hydrogen-bond donors (Lipinski definition) is 1. The van der Waals surface area contributed by atoms with Crippen LogP contribution in [0.2, 0.25) is 0 Å². The molecule has 1 heterocycles. The van der Waals surface area contributed by atoms with Crippen LogP contribution in [-0.2, 0) is 4.74 Å². The highest BCUT2D eigenvalue weighted by molar-refractivity contribution is 5.53. The van der Waals surface area contributed by atoms with Gasteiger partial charge in [0.05, 0.1) is 11.0 Å². The van der Waals surface area contributed by atoms with Crippen molar-refractivity contribution in [1.29, 1.82) is 0 Å². The normalized spacial score (nSPS) is 16.4. The minimum absolute atomic E-state index is 0.142. The average Bonchev–Trinajstić information content (AvgIpc) is 2.48. The third-order valence-corrected chi connectivity index (χ3v) is 3.55. The van der Waals surface area contributed by atoms with Gasteiger partial charge >= 0.3 is 0 Å². The molecule has 1 aliphatic rings. The molecule has 0 radical (unpaired) electrons. The number of nitro benzene ring substituents is 1. The van der Waals surface area contributed by atoms with Crippen molar-refractivity contribution in [2.24, 2.45) is 5.73 Å². The van der Waals surface area contributed by atoms with Crippen LogP contribution in [0, 0.1) is 10.1 Å². The third kappa shape index (κ3) is 3.91. The molecule has 0 amide bonds. The van der Waals surface area contributed by atoms with Crippen LogP contribution in [-0.4, -0.2) is 37.3 Å². The maximum Gasteiger partial charge on any atom is 0.271 e. The van der Waals surface area contributed by atoms with E-state index in [1.807, 2.05) is 6.07 Å². The molecule has 20 heavy (non-hydrogen) atoms. The molecule has 2 rings (SSSR count). The van der Waals surface area contributed by atoms with Crippen LogP contribution >= 0.6 is 0 Å². The van der Waals surface area contributed by atoms with Crippen molar-refractivity contribution in [2.75, 3.05) is 31.1 Å². The Balaban J connectivity index is 1.87. The van der Waals surface area contributed by atoms with Crippen molar-refractivity contribution in [3.63, 3.8) is 0 Å². The minimum Gasteiger partial charge on any atom is -0.378 e. The summed E-state index contributed by atoms with van der Waals surface area (Å²) < 4.78 is 5.75. The van der Waals surface area contributed by atoms with Gasteiger partial charge in [-0.25, -0.2) is 0 Å². The van der Waals surface area contributed by atoms with Gasteiger partial charge in [-0.05, 0) is 31.9 Å². The van der Waals surface area contributed by atoms with E-state index in [2.05, 4.69) is 4.90 Å². The van der Waals surface area contributed by atoms with Crippen LogP contribution in [0.15, 0.2) is 24.3 Å². The summed E-state index contributed by atoms with van der Waals surface area (Å²) in [6, 6.07) is 6.81. The molecule has 1 fully saturated rings. The van der Waals surface area contributed by atoms with Crippen LogP contribution in [0.4, 0.5) is 11.4 Å². The summed E-state index contributed by atoms with van der Waals surface area (Å²) >= 11 is 0. The van der Waals surface area contributed by atoms with Crippen LogP contribution in [0.25, 0.3) is 0 Å². The van der Waals surface area contributed by atoms with E-state index in [0.29, 0.717) is 6.54 Å². The van der Waals surface area contributed by atoms with Crippen molar-refractivity contribution in [3.05, 3.63) is 34.4 Å². The molecule has 1 aliphatic heterocycles. The summed E-state index contributed by atoms with van der Waals surface area (Å²) in [4.78, 5) is 12.6. The first-order chi connectivity index (χ1) is 9.70. The Morgan fingerprint density at radius 2 is 2.15 bits per heavy atom. The Hall–Kier alpha value is -1.66. The lowest BCUT2D eigenvalue weighted by atomic mass is 10.1. The van der Waals surface area contributed by atoms with Gasteiger partial charge in [0.2, 0.25) is 0 Å². The maximum absolute atomic E-state index is 10.8. The quantitative estimate of drug-likeness (QED) is 0.489. The van der Waals surface area contributed by atoms with Gasteiger partial charge in [-0.15, -0.1) is 0 Å². The molecule has 0 bridgehead atoms. The highest BCUT2D eigenvalue weighted by atomic mass is 16.6. The Labute approximate surface area is 118 Å². The summed E-state index contributed by atoms with van der Waals surface area (Å²) in [6.45, 7) is 3.12. The van der Waals surface area contributed by atoms with Crippen molar-refractivity contribution in [2.45, 2.75) is 25.4 Å². The predicted octanol–water partition coefficient (Wildman–Crippen LogP) is 1.93. The highest BCUT2D eigenvalue weighted by Crippen LogP contribution is 2.25. The second-order valence-electron chi connectivity index (χ2n) is 4.98. The molecule has 1 aromatic carbocycles. The number of nitrogens with two attached hydrogens (primary N) is 1. The van der Waals surface area contributed by atoms with E-state index in [1.165, 1.54) is 6.07 Å². The zero-order valence-corrected chi connectivity index (χ0v) is 11.5. The molecule has 110 valence electrons. The van der Waals surface area contributed by atoms with E-state index in [-0.39, 0.29) is 16.7 Å². The second kappa shape index (κ2) is 7.21. The van der Waals surface area contributed by atoms with E-state index in [9.17, 15) is 10.1 Å². The topological polar surface area (TPSA) is 81.6 Å². The number of nitrogens with zero attached hydrogens (tertiary/aromatic N) is 2. The second-order valence-corrected chi connectivity index (χ2v) is 4.98. The number of benzene rings is 1. The summed E-state index contributed by atoms with van der Waals surface area (Å²) in [7, 11) is 0. The van der Waals surface area contributed by atoms with E-state index in [0.717, 1.165) is 44.6 Å². The molecule has 0 atom stereocenters. The number of ether oxygens (including phenoxy) is 1. The van der Waals surface area contributed by atoms with Gasteiger partial charge in [0, 0.05) is 37.5 Å². The highest BCUT2D eigenvalue weighted by Gasteiger charge is 2.20. The zero-order chi connectivity index (χ0) is 14.4. The summed E-state index contributed by atoms with van der Waals surface area (Å²) in [5.41, 5.74) is 6.50. The van der Waals surface area contributed by atoms with Gasteiger partial charge in [0.1, 0.15) is 0 Å². The van der Waals surface area contributed by atoms with Crippen molar-refractivity contribution >= 4 is 11.4 Å². The van der Waals surface area contributed by atoms with Gasteiger partial charge in [-0.3, -0.25) is 10.1 Å². The van der Waals surface area contributed by atoms with E-state index in [1.54, 1.807) is 12.1 Å². The number of hydrogen-bond acceptors (Lipinski definition) is 5. The lowest BCUT2D eigenvalue weighted by Gasteiger charge is -2.33. The number of non-ortho nitro benzene ring substituents is 1. The smallest absolute Gasteiger partial charge is 0.271 e. The van der Waals surface area contributed by atoms with Crippen molar-refractivity contribution in [1.82, 2.24) is 0 Å². The molecule has 0 saturated carbocycles. The number of anilines is 1. The number of piperidine rings is 1. The SMILES string of the molecule is NCCCOC1CCN(c2cccc([N+](=O)[O-])c2)CC1. The fourth-order valence-electron chi connectivity index (χ4n) is 2.42. The molecular formula is C14H21N3O3. The van der Waals surface area contributed by atoms with Crippen LogP contribution in [0.3, 0.4) is 0 Å². The molecule has 0 aromatic heterocycles. The van der Waals surface area contributed by atoms with Crippen LogP contribution in [0.1, 0.15) is 19.3 Å². The van der Waals surface area contributed by atoms with E-state index in [4.69, 9.17) is 10.5 Å². The van der Waals surface area contributed by atoms with Gasteiger partial charge < -0.3 is 15.4 Å². The average molecular weight is 279 g/mol. The Morgan fingerprint density at radius 3 is 2.80 bits per heavy atom. The molecule has 6 nitrogen and oxygen atoms in total. The molecule has 0 spiro atoms. The molecule has 1 saturated heterocycles. The molecular weight excluding hydrogens is 258 g/mol.